The molecule has 1 aromatic carbocycles. The Labute approximate surface area is 92.4 Å². The molecule has 5 heteroatoms. The first-order valence-electron chi connectivity index (χ1n) is 4.90. The molecule has 0 saturated carbocycles. The van der Waals surface area contributed by atoms with Gasteiger partial charge in [0, 0.05) is 12.5 Å². The van der Waals surface area contributed by atoms with Crippen molar-refractivity contribution in [3.63, 3.8) is 0 Å². The number of aromatic amines is 1. The summed E-state index contributed by atoms with van der Waals surface area (Å²) in [4.78, 5) is 11.6. The van der Waals surface area contributed by atoms with E-state index in [1.807, 2.05) is 0 Å². The topological polar surface area (TPSA) is 64.2 Å². The lowest BCUT2D eigenvalue weighted by molar-refractivity contribution is 0.0388. The molecule has 0 radical (unpaired) electrons. The van der Waals surface area contributed by atoms with E-state index in [0.717, 1.165) is 10.9 Å². The lowest BCUT2D eigenvalue weighted by Gasteiger charge is -2.03. The predicted molar refractivity (Wildman–Crippen MR) is 58.3 cm³/mol. The maximum Gasteiger partial charge on any atom is 0.338 e. The van der Waals surface area contributed by atoms with Gasteiger partial charge in [0.05, 0.1) is 23.9 Å². The van der Waals surface area contributed by atoms with Crippen LogP contribution in [0.25, 0.3) is 10.9 Å². The molecule has 0 amide bonds. The molecule has 0 fully saturated rings. The van der Waals surface area contributed by atoms with E-state index >= 15 is 0 Å². The first-order chi connectivity index (χ1) is 7.81. The summed E-state index contributed by atoms with van der Waals surface area (Å²) in [5.41, 5.74) is 1.42. The van der Waals surface area contributed by atoms with Gasteiger partial charge >= 0.3 is 5.97 Å². The Hall–Kier alpha value is -1.88. The minimum absolute atomic E-state index is 0.263. The highest BCUT2D eigenvalue weighted by atomic mass is 16.6. The van der Waals surface area contributed by atoms with Crippen LogP contribution in [0.1, 0.15) is 10.4 Å². The number of ether oxygens (including phenoxy) is 2. The normalized spacial score (nSPS) is 10.6. The van der Waals surface area contributed by atoms with Gasteiger partial charge in [0.15, 0.2) is 0 Å². The first-order valence-corrected chi connectivity index (χ1v) is 4.90. The van der Waals surface area contributed by atoms with Crippen LogP contribution in [-0.2, 0) is 9.47 Å². The van der Waals surface area contributed by atoms with E-state index in [9.17, 15) is 4.79 Å². The zero-order valence-corrected chi connectivity index (χ0v) is 8.90. The molecule has 2 aromatic rings. The Morgan fingerprint density at radius 1 is 1.44 bits per heavy atom. The highest BCUT2D eigenvalue weighted by Crippen LogP contribution is 2.13. The minimum Gasteiger partial charge on any atom is -0.460 e. The Balaban J connectivity index is 2.10. The van der Waals surface area contributed by atoms with Gasteiger partial charge in [-0.05, 0) is 18.2 Å². The number of hydrogen-bond acceptors (Lipinski definition) is 4. The van der Waals surface area contributed by atoms with E-state index in [1.165, 1.54) is 0 Å². The second-order valence-electron chi connectivity index (χ2n) is 3.30. The number of fused-ring (bicyclic) bond motifs is 1. The highest BCUT2D eigenvalue weighted by molar-refractivity contribution is 5.94. The van der Waals surface area contributed by atoms with Gasteiger partial charge in [0.1, 0.15) is 6.61 Å². The molecule has 1 heterocycles. The number of hydrogen-bond donors (Lipinski definition) is 1. The number of esters is 1. The summed E-state index contributed by atoms with van der Waals surface area (Å²) < 4.78 is 9.79. The van der Waals surface area contributed by atoms with Crippen LogP contribution < -0.4 is 0 Å². The monoisotopic (exact) mass is 220 g/mol. The van der Waals surface area contributed by atoms with E-state index in [0.29, 0.717) is 12.2 Å². The maximum absolute atomic E-state index is 11.6. The second-order valence-corrected chi connectivity index (χ2v) is 3.30. The summed E-state index contributed by atoms with van der Waals surface area (Å²) in [7, 11) is 1.56. The van der Waals surface area contributed by atoms with Gasteiger partial charge in [-0.25, -0.2) is 4.79 Å². The number of carbonyl (C=O) groups is 1. The van der Waals surface area contributed by atoms with Crippen molar-refractivity contribution in [1.82, 2.24) is 10.2 Å². The molecule has 16 heavy (non-hydrogen) atoms. The van der Waals surface area contributed by atoms with Gasteiger partial charge < -0.3 is 9.47 Å². The van der Waals surface area contributed by atoms with Crippen molar-refractivity contribution in [3.05, 3.63) is 30.0 Å². The van der Waals surface area contributed by atoms with Crippen molar-refractivity contribution >= 4 is 16.9 Å². The molecule has 0 atom stereocenters. The zero-order valence-electron chi connectivity index (χ0n) is 8.90. The molecule has 0 unspecified atom stereocenters. The van der Waals surface area contributed by atoms with E-state index in [2.05, 4.69) is 10.2 Å². The summed E-state index contributed by atoms with van der Waals surface area (Å²) in [5, 5.41) is 7.59. The van der Waals surface area contributed by atoms with E-state index in [-0.39, 0.29) is 12.6 Å². The Morgan fingerprint density at radius 3 is 3.12 bits per heavy atom. The van der Waals surface area contributed by atoms with Crippen LogP contribution in [0.15, 0.2) is 24.4 Å². The van der Waals surface area contributed by atoms with Gasteiger partial charge in [0.2, 0.25) is 0 Å². The molecule has 1 aromatic heterocycles. The third-order valence-electron chi connectivity index (χ3n) is 2.20. The second kappa shape index (κ2) is 4.76. The van der Waals surface area contributed by atoms with Gasteiger partial charge in [0.25, 0.3) is 0 Å². The molecule has 0 aliphatic rings. The standard InChI is InChI=1S/C11H12N2O3/c1-15-4-5-16-11(14)8-2-3-10-9(6-8)7-12-13-10/h2-3,6-7H,4-5H2,1H3,(H,12,13). The maximum atomic E-state index is 11.6. The average molecular weight is 220 g/mol. The Morgan fingerprint density at radius 2 is 2.31 bits per heavy atom. The number of rotatable bonds is 4. The minimum atomic E-state index is -0.347. The van der Waals surface area contributed by atoms with Crippen molar-refractivity contribution in [3.8, 4) is 0 Å². The number of carbonyl (C=O) groups excluding carboxylic acids is 1. The number of H-pyrrole nitrogens is 1. The summed E-state index contributed by atoms with van der Waals surface area (Å²) in [6.45, 7) is 0.665. The average Bonchev–Trinajstić information content (AvgIpc) is 2.76. The van der Waals surface area contributed by atoms with E-state index in [1.54, 1.807) is 31.5 Å². The summed E-state index contributed by atoms with van der Waals surface area (Å²) in [6, 6.07) is 5.25. The van der Waals surface area contributed by atoms with Crippen molar-refractivity contribution in [1.29, 1.82) is 0 Å². The van der Waals surface area contributed by atoms with E-state index < -0.39 is 0 Å². The van der Waals surface area contributed by atoms with Crippen LogP contribution in [0.2, 0.25) is 0 Å². The van der Waals surface area contributed by atoms with Gasteiger partial charge in [-0.1, -0.05) is 0 Å². The van der Waals surface area contributed by atoms with Crippen molar-refractivity contribution in [2.45, 2.75) is 0 Å². The van der Waals surface area contributed by atoms with Crippen molar-refractivity contribution in [2.24, 2.45) is 0 Å². The van der Waals surface area contributed by atoms with Crippen LogP contribution >= 0.6 is 0 Å². The zero-order chi connectivity index (χ0) is 11.4. The van der Waals surface area contributed by atoms with Crippen LogP contribution in [-0.4, -0.2) is 36.5 Å². The van der Waals surface area contributed by atoms with Gasteiger partial charge in [-0.3, -0.25) is 5.10 Å². The molecule has 5 nitrogen and oxygen atoms in total. The number of methoxy groups -OCH3 is 1. The SMILES string of the molecule is COCCOC(=O)c1ccc2[nH]ncc2c1. The fourth-order valence-corrected chi connectivity index (χ4v) is 1.37. The Kier molecular flexibility index (Phi) is 3.16. The number of nitrogens with one attached hydrogen (secondary N) is 1. The summed E-state index contributed by atoms with van der Waals surface area (Å²) >= 11 is 0. The van der Waals surface area contributed by atoms with Crippen LogP contribution in [0.4, 0.5) is 0 Å². The molecule has 1 N–H and O–H groups in total. The predicted octanol–water partition coefficient (Wildman–Crippen LogP) is 1.37. The molecular formula is C11H12N2O3. The third-order valence-corrected chi connectivity index (χ3v) is 2.20. The van der Waals surface area contributed by atoms with Gasteiger partial charge in [-0.15, -0.1) is 0 Å². The quantitative estimate of drug-likeness (QED) is 0.624. The Bertz CT molecular complexity index is 493. The van der Waals surface area contributed by atoms with E-state index in [4.69, 9.17) is 9.47 Å². The smallest absolute Gasteiger partial charge is 0.338 e. The molecule has 0 aliphatic carbocycles. The molecule has 0 bridgehead atoms. The molecule has 2 rings (SSSR count). The highest BCUT2D eigenvalue weighted by Gasteiger charge is 2.07. The van der Waals surface area contributed by atoms with Crippen LogP contribution in [0.3, 0.4) is 0 Å². The van der Waals surface area contributed by atoms with Crippen molar-refractivity contribution in [2.75, 3.05) is 20.3 Å². The lowest BCUT2D eigenvalue weighted by atomic mass is 10.2. The fourth-order valence-electron chi connectivity index (χ4n) is 1.37. The first kappa shape index (κ1) is 10.6. The van der Waals surface area contributed by atoms with Gasteiger partial charge in [-0.2, -0.15) is 5.10 Å². The molecular weight excluding hydrogens is 208 g/mol. The summed E-state index contributed by atoms with van der Waals surface area (Å²) in [6.07, 6.45) is 1.67. The third kappa shape index (κ3) is 2.20. The summed E-state index contributed by atoms with van der Waals surface area (Å²) in [5.74, 6) is -0.347. The van der Waals surface area contributed by atoms with Crippen LogP contribution in [0.5, 0.6) is 0 Å². The molecule has 0 aliphatic heterocycles. The number of aromatic nitrogens is 2. The molecule has 0 saturated heterocycles. The fraction of sp³-hybridized carbons (Fsp3) is 0.273. The largest absolute Gasteiger partial charge is 0.460 e. The lowest BCUT2D eigenvalue weighted by Crippen LogP contribution is -2.09. The van der Waals surface area contributed by atoms with Crippen LogP contribution in [0, 0.1) is 0 Å². The number of nitrogens with zero attached hydrogens (tertiary/aromatic N) is 1. The number of benzene rings is 1. The molecule has 0 spiro atoms. The molecule has 84 valence electrons. The van der Waals surface area contributed by atoms with Crippen molar-refractivity contribution < 1.29 is 14.3 Å².